The number of rotatable bonds is 7. The largest absolute Gasteiger partial charge is 0.465 e. The molecule has 0 saturated carbocycles. The highest BCUT2D eigenvalue weighted by atomic mass is 31.2. The third kappa shape index (κ3) is 5.44. The van der Waals surface area contributed by atoms with E-state index in [2.05, 4.69) is 6.92 Å². The van der Waals surface area contributed by atoms with Gasteiger partial charge in [-0.1, -0.05) is 49.7 Å². The molecular formula is C24H26F3N2O5P. The van der Waals surface area contributed by atoms with Crippen LogP contribution >= 0.6 is 8.38 Å². The Bertz CT molecular complexity index is 1090. The highest BCUT2D eigenvalue weighted by Gasteiger charge is 2.43. The monoisotopic (exact) mass is 510 g/mol. The highest BCUT2D eigenvalue weighted by Crippen LogP contribution is 2.50. The van der Waals surface area contributed by atoms with Crippen LogP contribution in [0.5, 0.6) is 0 Å². The summed E-state index contributed by atoms with van der Waals surface area (Å²) >= 11 is 0. The molecule has 0 bridgehead atoms. The second-order valence-electron chi connectivity index (χ2n) is 8.40. The first kappa shape index (κ1) is 25.4. The molecule has 1 fully saturated rings. The molecule has 2 aromatic carbocycles. The average molecular weight is 510 g/mol. The summed E-state index contributed by atoms with van der Waals surface area (Å²) in [5.74, 6) is -0.915. The lowest BCUT2D eigenvalue weighted by molar-refractivity contribution is -0.123. The number of amides is 2. The number of hydrogen-bond acceptors (Lipinski definition) is 4. The van der Waals surface area contributed by atoms with E-state index in [1.165, 1.54) is 11.0 Å². The molecular weight excluding hydrogens is 484 g/mol. The second kappa shape index (κ2) is 10.5. The Labute approximate surface area is 202 Å². The molecule has 2 amide bonds. The molecule has 11 heteroatoms. The van der Waals surface area contributed by atoms with Crippen LogP contribution < -0.4 is 5.32 Å². The predicted octanol–water partition coefficient (Wildman–Crippen LogP) is 5.56. The SMILES string of the molecule is CCCCP1OCC(N(C(=O)O)C2c3ccccc3-c3cccc(C(=O)NCC(F)(F)F)c32)CO1. The normalized spacial score (nSPS) is 21.2. The first-order valence-corrected chi connectivity index (χ1v) is 12.7. The summed E-state index contributed by atoms with van der Waals surface area (Å²) in [6.07, 6.45) is -3.11. The van der Waals surface area contributed by atoms with E-state index in [1.54, 1.807) is 30.3 Å². The van der Waals surface area contributed by atoms with Crippen LogP contribution in [0.1, 0.15) is 47.3 Å². The molecule has 4 rings (SSSR count). The topological polar surface area (TPSA) is 88.1 Å². The summed E-state index contributed by atoms with van der Waals surface area (Å²) in [5, 5.41) is 12.2. The van der Waals surface area contributed by atoms with E-state index in [0.29, 0.717) is 16.7 Å². The standard InChI is InChI=1S/C24H26F3N2O5P/c1-2-3-11-35-33-12-15(13-34-35)29(23(31)32)21-18-8-5-4-7-16(18)17-9-6-10-19(20(17)21)22(30)28-14-24(25,26)27/h4-10,15,21H,2-3,11-14H2,1H3,(H,28,30)(H,31,32). The lowest BCUT2D eigenvalue weighted by atomic mass is 9.96. The molecule has 2 aromatic rings. The Morgan fingerprint density at radius 2 is 1.80 bits per heavy atom. The van der Waals surface area contributed by atoms with E-state index < -0.39 is 45.2 Å². The van der Waals surface area contributed by atoms with E-state index in [9.17, 15) is 27.9 Å². The van der Waals surface area contributed by atoms with Crippen molar-refractivity contribution in [3.8, 4) is 11.1 Å². The molecule has 0 aromatic heterocycles. The van der Waals surface area contributed by atoms with Crippen LogP contribution in [0.25, 0.3) is 11.1 Å². The fourth-order valence-electron chi connectivity index (χ4n) is 4.47. The number of carbonyl (C=O) groups is 2. The Kier molecular flexibility index (Phi) is 7.64. The Morgan fingerprint density at radius 3 is 2.46 bits per heavy atom. The van der Waals surface area contributed by atoms with Crippen molar-refractivity contribution in [2.24, 2.45) is 0 Å². The fraction of sp³-hybridized carbons (Fsp3) is 0.417. The van der Waals surface area contributed by atoms with Gasteiger partial charge in [-0.2, -0.15) is 13.2 Å². The molecule has 1 unspecified atom stereocenters. The number of alkyl halides is 3. The molecule has 1 heterocycles. The van der Waals surface area contributed by atoms with E-state index in [4.69, 9.17) is 9.05 Å². The van der Waals surface area contributed by atoms with Crippen LogP contribution in [-0.2, 0) is 9.05 Å². The van der Waals surface area contributed by atoms with Gasteiger partial charge in [-0.3, -0.25) is 9.69 Å². The summed E-state index contributed by atoms with van der Waals surface area (Å²) in [5.41, 5.74) is 2.35. The van der Waals surface area contributed by atoms with Gasteiger partial charge in [0.2, 0.25) is 0 Å². The first-order chi connectivity index (χ1) is 16.7. The van der Waals surface area contributed by atoms with E-state index in [0.717, 1.165) is 24.6 Å². The molecule has 35 heavy (non-hydrogen) atoms. The molecule has 1 saturated heterocycles. The number of nitrogens with zero attached hydrogens (tertiary/aromatic N) is 1. The maximum absolute atomic E-state index is 12.8. The van der Waals surface area contributed by atoms with Crippen molar-refractivity contribution in [3.63, 3.8) is 0 Å². The third-order valence-corrected chi connectivity index (χ3v) is 7.58. The van der Waals surface area contributed by atoms with E-state index in [-0.39, 0.29) is 18.8 Å². The summed E-state index contributed by atoms with van der Waals surface area (Å²) in [7, 11) is -1.09. The Balaban J connectivity index is 1.71. The maximum Gasteiger partial charge on any atom is 0.408 e. The van der Waals surface area contributed by atoms with Gasteiger partial charge >= 0.3 is 12.3 Å². The third-order valence-electron chi connectivity index (χ3n) is 6.03. The minimum Gasteiger partial charge on any atom is -0.465 e. The van der Waals surface area contributed by atoms with Crippen LogP contribution in [0.3, 0.4) is 0 Å². The molecule has 0 radical (unpaired) electrons. The summed E-state index contributed by atoms with van der Waals surface area (Å²) in [4.78, 5) is 26.6. The number of carbonyl (C=O) groups excluding carboxylic acids is 1. The highest BCUT2D eigenvalue weighted by molar-refractivity contribution is 7.47. The van der Waals surface area contributed by atoms with Gasteiger partial charge in [-0.15, -0.1) is 0 Å². The minimum absolute atomic E-state index is 0.00189. The van der Waals surface area contributed by atoms with Gasteiger partial charge in [0.1, 0.15) is 6.54 Å². The number of benzene rings is 2. The van der Waals surface area contributed by atoms with Gasteiger partial charge < -0.3 is 19.5 Å². The van der Waals surface area contributed by atoms with Gasteiger partial charge in [0, 0.05) is 11.7 Å². The van der Waals surface area contributed by atoms with Gasteiger partial charge in [0.15, 0.2) is 8.38 Å². The number of nitrogens with one attached hydrogen (secondary N) is 1. The quantitative estimate of drug-likeness (QED) is 0.477. The zero-order valence-electron chi connectivity index (χ0n) is 19.0. The lowest BCUT2D eigenvalue weighted by Gasteiger charge is -2.39. The molecule has 1 atom stereocenters. The average Bonchev–Trinajstić information content (AvgIpc) is 3.16. The van der Waals surface area contributed by atoms with Crippen molar-refractivity contribution in [1.82, 2.24) is 10.2 Å². The summed E-state index contributed by atoms with van der Waals surface area (Å²) < 4.78 is 50.0. The van der Waals surface area contributed by atoms with Crippen molar-refractivity contribution >= 4 is 20.4 Å². The van der Waals surface area contributed by atoms with Crippen molar-refractivity contribution < 1.29 is 36.9 Å². The molecule has 1 aliphatic heterocycles. The van der Waals surface area contributed by atoms with Crippen LogP contribution in [0.2, 0.25) is 0 Å². The zero-order chi connectivity index (χ0) is 25.2. The molecule has 1 aliphatic carbocycles. The van der Waals surface area contributed by atoms with Crippen LogP contribution in [0, 0.1) is 0 Å². The second-order valence-corrected chi connectivity index (χ2v) is 10.0. The zero-order valence-corrected chi connectivity index (χ0v) is 19.9. The maximum atomic E-state index is 12.8. The molecule has 188 valence electrons. The fourth-order valence-corrected chi connectivity index (χ4v) is 6.06. The van der Waals surface area contributed by atoms with Crippen molar-refractivity contribution in [1.29, 1.82) is 0 Å². The molecule has 2 aliphatic rings. The minimum atomic E-state index is -4.57. The van der Waals surface area contributed by atoms with Gasteiger partial charge in [0.25, 0.3) is 5.91 Å². The molecule has 2 N–H and O–H groups in total. The first-order valence-electron chi connectivity index (χ1n) is 11.3. The predicted molar refractivity (Wildman–Crippen MR) is 124 cm³/mol. The van der Waals surface area contributed by atoms with E-state index >= 15 is 0 Å². The van der Waals surface area contributed by atoms with Crippen molar-refractivity contribution in [3.05, 3.63) is 59.2 Å². The van der Waals surface area contributed by atoms with Crippen LogP contribution in [-0.4, -0.2) is 60.1 Å². The number of unbranched alkanes of at least 4 members (excludes halogenated alkanes) is 1. The van der Waals surface area contributed by atoms with Crippen LogP contribution in [0.15, 0.2) is 42.5 Å². The van der Waals surface area contributed by atoms with Crippen molar-refractivity contribution in [2.45, 2.75) is 38.0 Å². The lowest BCUT2D eigenvalue weighted by Crippen LogP contribution is -2.48. The van der Waals surface area contributed by atoms with Crippen LogP contribution in [0.4, 0.5) is 18.0 Å². The number of hydrogen-bond donors (Lipinski definition) is 2. The summed E-state index contributed by atoms with van der Waals surface area (Å²) in [6, 6.07) is 10.3. The van der Waals surface area contributed by atoms with Crippen molar-refractivity contribution in [2.75, 3.05) is 25.9 Å². The summed E-state index contributed by atoms with van der Waals surface area (Å²) in [6.45, 7) is 0.851. The number of halogens is 3. The smallest absolute Gasteiger partial charge is 0.408 e. The van der Waals surface area contributed by atoms with E-state index in [1.807, 2.05) is 11.4 Å². The Hall–Kier alpha value is -2.68. The molecule has 7 nitrogen and oxygen atoms in total. The van der Waals surface area contributed by atoms with Gasteiger partial charge in [0.05, 0.1) is 25.3 Å². The van der Waals surface area contributed by atoms with Gasteiger partial charge in [-0.05, 0) is 34.7 Å². The van der Waals surface area contributed by atoms with Gasteiger partial charge in [-0.25, -0.2) is 4.79 Å². The number of carboxylic acid groups (broad SMARTS) is 1. The molecule has 0 spiro atoms. The Morgan fingerprint density at radius 1 is 1.11 bits per heavy atom. The number of fused-ring (bicyclic) bond motifs is 3.